The minimum Gasteiger partial charge on any atom is -0.465 e. The second-order valence-electron chi connectivity index (χ2n) is 6.80. The first-order chi connectivity index (χ1) is 13.4. The van der Waals surface area contributed by atoms with E-state index < -0.39 is 21.8 Å². The molecule has 0 aliphatic carbocycles. The lowest BCUT2D eigenvalue weighted by atomic mass is 10.0. The van der Waals surface area contributed by atoms with E-state index in [9.17, 15) is 17.6 Å². The molecule has 1 aromatic heterocycles. The van der Waals surface area contributed by atoms with Crippen LogP contribution in [0.5, 0.6) is 0 Å². The highest BCUT2D eigenvalue weighted by molar-refractivity contribution is 7.88. The van der Waals surface area contributed by atoms with Gasteiger partial charge in [0.1, 0.15) is 5.82 Å². The van der Waals surface area contributed by atoms with E-state index in [1.165, 1.54) is 35.7 Å². The number of H-pyrrole nitrogens is 1. The molecule has 1 aliphatic heterocycles. The van der Waals surface area contributed by atoms with E-state index in [0.29, 0.717) is 24.1 Å². The molecule has 0 saturated carbocycles. The van der Waals surface area contributed by atoms with E-state index in [2.05, 4.69) is 4.98 Å². The highest BCUT2D eigenvalue weighted by atomic mass is 32.2. The molecule has 6 nitrogen and oxygen atoms in total. The lowest BCUT2D eigenvalue weighted by molar-refractivity contribution is 0.0601. The molecule has 28 heavy (non-hydrogen) atoms. The fourth-order valence-electron chi connectivity index (χ4n) is 3.55. The number of carbonyl (C=O) groups is 1. The number of carbonyl (C=O) groups excluding carboxylic acids is 1. The number of methoxy groups -OCH3 is 1. The highest BCUT2D eigenvalue weighted by Crippen LogP contribution is 2.30. The molecule has 0 saturated heterocycles. The first kappa shape index (κ1) is 18.6. The Kier molecular flexibility index (Phi) is 4.68. The van der Waals surface area contributed by atoms with E-state index in [0.717, 1.165) is 22.2 Å². The Labute approximate surface area is 162 Å². The van der Waals surface area contributed by atoms with Crippen LogP contribution < -0.4 is 0 Å². The Balaban J connectivity index is 1.64. The maximum atomic E-state index is 13.1. The maximum absolute atomic E-state index is 13.1. The number of hydrogen-bond donors (Lipinski definition) is 1. The zero-order valence-corrected chi connectivity index (χ0v) is 16.1. The van der Waals surface area contributed by atoms with Crippen molar-refractivity contribution in [2.24, 2.45) is 0 Å². The Hall–Kier alpha value is -2.71. The van der Waals surface area contributed by atoms with Crippen molar-refractivity contribution in [3.8, 4) is 0 Å². The standard InChI is InChI=1S/C20H19FN2O4S/c1-27-20(24)14-4-7-18-16(10-14)17-11-23(9-8-19(17)22-18)28(25,26)12-13-2-5-15(21)6-3-13/h2-7,10,22H,8-9,11-12H2,1H3. The summed E-state index contributed by atoms with van der Waals surface area (Å²) in [5, 5.41) is 0.819. The van der Waals surface area contributed by atoms with E-state index in [4.69, 9.17) is 4.74 Å². The van der Waals surface area contributed by atoms with Crippen molar-refractivity contribution in [3.05, 3.63) is 70.7 Å². The van der Waals surface area contributed by atoms with Crippen LogP contribution in [0.25, 0.3) is 10.9 Å². The third-order valence-electron chi connectivity index (χ3n) is 5.02. The van der Waals surface area contributed by atoms with E-state index in [1.807, 2.05) is 0 Å². The van der Waals surface area contributed by atoms with Crippen LogP contribution in [0.15, 0.2) is 42.5 Å². The van der Waals surface area contributed by atoms with Gasteiger partial charge in [0.05, 0.1) is 18.4 Å². The quantitative estimate of drug-likeness (QED) is 0.681. The molecule has 2 aromatic carbocycles. The molecule has 0 spiro atoms. The van der Waals surface area contributed by atoms with Gasteiger partial charge in [0.15, 0.2) is 0 Å². The number of nitrogens with one attached hydrogen (secondary N) is 1. The van der Waals surface area contributed by atoms with Gasteiger partial charge in [0.2, 0.25) is 10.0 Å². The number of aromatic nitrogens is 1. The fourth-order valence-corrected chi connectivity index (χ4v) is 5.05. The molecule has 3 aromatic rings. The van der Waals surface area contributed by atoms with Crippen molar-refractivity contribution in [2.45, 2.75) is 18.7 Å². The van der Waals surface area contributed by atoms with Gasteiger partial charge in [-0.05, 0) is 41.5 Å². The summed E-state index contributed by atoms with van der Waals surface area (Å²) in [4.78, 5) is 15.1. The molecule has 0 atom stereocenters. The molecule has 146 valence electrons. The predicted molar refractivity (Wildman–Crippen MR) is 103 cm³/mol. The zero-order valence-electron chi connectivity index (χ0n) is 15.2. The van der Waals surface area contributed by atoms with Crippen LogP contribution in [-0.2, 0) is 33.5 Å². The van der Waals surface area contributed by atoms with Crippen molar-refractivity contribution in [2.75, 3.05) is 13.7 Å². The van der Waals surface area contributed by atoms with Gasteiger partial charge in [-0.3, -0.25) is 0 Å². The van der Waals surface area contributed by atoms with Crippen LogP contribution in [0.3, 0.4) is 0 Å². The number of nitrogens with zero attached hydrogens (tertiary/aromatic N) is 1. The van der Waals surface area contributed by atoms with Gasteiger partial charge < -0.3 is 9.72 Å². The molecule has 0 bridgehead atoms. The summed E-state index contributed by atoms with van der Waals surface area (Å²) < 4.78 is 45.0. The summed E-state index contributed by atoms with van der Waals surface area (Å²) in [5.41, 5.74) is 3.66. The number of fused-ring (bicyclic) bond motifs is 3. The lowest BCUT2D eigenvalue weighted by Gasteiger charge is -2.26. The predicted octanol–water partition coefficient (Wildman–Crippen LogP) is 2.98. The minimum absolute atomic E-state index is 0.182. The van der Waals surface area contributed by atoms with Gasteiger partial charge in [0.25, 0.3) is 0 Å². The molecular formula is C20H19FN2O4S. The summed E-state index contributed by atoms with van der Waals surface area (Å²) in [7, 11) is -2.24. The summed E-state index contributed by atoms with van der Waals surface area (Å²) in [6.45, 7) is 0.594. The van der Waals surface area contributed by atoms with Crippen LogP contribution in [0.4, 0.5) is 4.39 Å². The number of hydrogen-bond acceptors (Lipinski definition) is 4. The Morgan fingerprint density at radius 2 is 1.96 bits per heavy atom. The van der Waals surface area contributed by atoms with Crippen LogP contribution in [0.1, 0.15) is 27.2 Å². The smallest absolute Gasteiger partial charge is 0.337 e. The molecule has 4 rings (SSSR count). The zero-order chi connectivity index (χ0) is 19.9. The number of halogens is 1. The maximum Gasteiger partial charge on any atom is 0.337 e. The van der Waals surface area contributed by atoms with Crippen molar-refractivity contribution in [1.29, 1.82) is 0 Å². The Morgan fingerprint density at radius 3 is 2.68 bits per heavy atom. The van der Waals surface area contributed by atoms with Gasteiger partial charge in [-0.2, -0.15) is 4.31 Å². The second-order valence-corrected chi connectivity index (χ2v) is 8.77. The number of rotatable bonds is 4. The van der Waals surface area contributed by atoms with Crippen molar-refractivity contribution in [1.82, 2.24) is 9.29 Å². The largest absolute Gasteiger partial charge is 0.465 e. The first-order valence-corrected chi connectivity index (χ1v) is 10.4. The first-order valence-electron chi connectivity index (χ1n) is 8.81. The Morgan fingerprint density at radius 1 is 1.21 bits per heavy atom. The molecule has 1 aliphatic rings. The van der Waals surface area contributed by atoms with Gasteiger partial charge in [-0.1, -0.05) is 12.1 Å². The van der Waals surface area contributed by atoms with Gasteiger partial charge in [-0.15, -0.1) is 0 Å². The average Bonchev–Trinajstić information content (AvgIpc) is 3.06. The average molecular weight is 402 g/mol. The van der Waals surface area contributed by atoms with E-state index in [1.54, 1.807) is 18.2 Å². The molecule has 1 N–H and O–H groups in total. The number of aromatic amines is 1. The summed E-state index contributed by atoms with van der Waals surface area (Å²) in [5.74, 6) is -1.02. The molecule has 0 fully saturated rings. The summed E-state index contributed by atoms with van der Waals surface area (Å²) in [6.07, 6.45) is 0.556. The van der Waals surface area contributed by atoms with Crippen LogP contribution in [-0.4, -0.2) is 37.3 Å². The van der Waals surface area contributed by atoms with Crippen LogP contribution in [0, 0.1) is 5.82 Å². The van der Waals surface area contributed by atoms with Crippen LogP contribution >= 0.6 is 0 Å². The topological polar surface area (TPSA) is 79.5 Å². The number of benzene rings is 2. The normalized spacial score (nSPS) is 14.8. The van der Waals surface area contributed by atoms with Crippen molar-refractivity contribution in [3.63, 3.8) is 0 Å². The van der Waals surface area contributed by atoms with E-state index in [-0.39, 0.29) is 12.3 Å². The molecule has 0 unspecified atom stereocenters. The monoisotopic (exact) mass is 402 g/mol. The van der Waals surface area contributed by atoms with Crippen molar-refractivity contribution < 1.29 is 22.3 Å². The minimum atomic E-state index is -3.56. The fraction of sp³-hybridized carbons (Fsp3) is 0.250. The second kappa shape index (κ2) is 7.03. The number of ether oxygens (including phenoxy) is 1. The summed E-state index contributed by atoms with van der Waals surface area (Å²) in [6, 6.07) is 10.7. The van der Waals surface area contributed by atoms with Gasteiger partial charge in [-0.25, -0.2) is 17.6 Å². The molecular weight excluding hydrogens is 383 g/mol. The molecule has 8 heteroatoms. The lowest BCUT2D eigenvalue weighted by Crippen LogP contribution is -2.36. The molecule has 0 amide bonds. The number of esters is 1. The van der Waals surface area contributed by atoms with Gasteiger partial charge >= 0.3 is 5.97 Å². The van der Waals surface area contributed by atoms with Crippen LogP contribution in [0.2, 0.25) is 0 Å². The highest BCUT2D eigenvalue weighted by Gasteiger charge is 2.29. The third kappa shape index (κ3) is 3.41. The van der Waals surface area contributed by atoms with E-state index >= 15 is 0 Å². The number of sulfonamides is 1. The molecule has 2 heterocycles. The summed E-state index contributed by atoms with van der Waals surface area (Å²) >= 11 is 0. The third-order valence-corrected chi connectivity index (χ3v) is 6.81. The van der Waals surface area contributed by atoms with Crippen molar-refractivity contribution >= 4 is 26.9 Å². The molecule has 0 radical (unpaired) electrons. The SMILES string of the molecule is COC(=O)c1ccc2[nH]c3c(c2c1)CN(S(=O)(=O)Cc1ccc(F)cc1)CC3. The Bertz CT molecular complexity index is 1150. The van der Waals surface area contributed by atoms with Gasteiger partial charge in [0, 0.05) is 36.1 Å².